The molecule has 2 aliphatic rings. The van der Waals surface area contributed by atoms with Gasteiger partial charge in [0.2, 0.25) is 11.8 Å². The van der Waals surface area contributed by atoms with Gasteiger partial charge in [-0.3, -0.25) is 9.59 Å². The number of benzene rings is 3. The Kier molecular flexibility index (Phi) is 8.39. The van der Waals surface area contributed by atoms with Crippen molar-refractivity contribution >= 4 is 11.8 Å². The molecule has 0 spiro atoms. The van der Waals surface area contributed by atoms with Crippen LogP contribution in [0.15, 0.2) is 78.9 Å². The molecule has 0 bridgehead atoms. The van der Waals surface area contributed by atoms with Crippen molar-refractivity contribution < 1.29 is 14.3 Å². The summed E-state index contributed by atoms with van der Waals surface area (Å²) in [6.07, 6.45) is 5.20. The topological polar surface area (TPSA) is 84.7 Å². The van der Waals surface area contributed by atoms with Gasteiger partial charge in [0, 0.05) is 13.0 Å². The minimum Gasteiger partial charge on any atom is -0.493 e. The average Bonchev–Trinajstić information content (AvgIpc) is 3.78. The number of nitrogens with two attached hydrogens (primary N) is 1. The summed E-state index contributed by atoms with van der Waals surface area (Å²) in [7, 11) is 0. The number of unbranched alkanes of at least 4 members (excludes halogenated alkanes) is 1. The van der Waals surface area contributed by atoms with Crippen molar-refractivity contribution in [1.82, 2.24) is 10.2 Å². The second-order valence-corrected chi connectivity index (χ2v) is 10.5. The zero-order chi connectivity index (χ0) is 26.3. The van der Waals surface area contributed by atoms with Crippen molar-refractivity contribution in [3.8, 4) is 16.9 Å². The van der Waals surface area contributed by atoms with Crippen LogP contribution in [0.5, 0.6) is 5.75 Å². The Morgan fingerprint density at radius 2 is 1.53 bits per heavy atom. The number of carbonyl (C=O) groups is 2. The summed E-state index contributed by atoms with van der Waals surface area (Å²) in [6.45, 7) is 1.74. The Hall–Kier alpha value is -3.64. The highest BCUT2D eigenvalue weighted by Crippen LogP contribution is 2.30. The Morgan fingerprint density at radius 1 is 0.842 bits per heavy atom. The minimum atomic E-state index is -0.588. The summed E-state index contributed by atoms with van der Waals surface area (Å²) in [5, 5.41) is 3.01. The van der Waals surface area contributed by atoms with Crippen LogP contribution in [-0.2, 0) is 22.6 Å². The maximum Gasteiger partial charge on any atom is 0.246 e. The van der Waals surface area contributed by atoms with Gasteiger partial charge in [0.25, 0.3) is 0 Å². The SMILES string of the molecule is NCCCC[C@H]1C(=O)N[C@@H](Cc2ccc(OCC3CC3)cc2)C(=O)N1Cc1ccc(-c2ccccc2)cc1. The zero-order valence-electron chi connectivity index (χ0n) is 21.9. The third-order valence-corrected chi connectivity index (χ3v) is 7.47. The normalized spacial score (nSPS) is 19.3. The van der Waals surface area contributed by atoms with Gasteiger partial charge in [0.05, 0.1) is 6.61 Å². The van der Waals surface area contributed by atoms with Crippen LogP contribution < -0.4 is 15.8 Å². The number of hydrogen-bond donors (Lipinski definition) is 2. The average molecular weight is 512 g/mol. The fraction of sp³-hybridized carbons (Fsp3) is 0.375. The lowest BCUT2D eigenvalue weighted by atomic mass is 9.96. The molecule has 2 amide bonds. The second-order valence-electron chi connectivity index (χ2n) is 10.5. The molecule has 198 valence electrons. The maximum atomic E-state index is 13.7. The van der Waals surface area contributed by atoms with Gasteiger partial charge >= 0.3 is 0 Å². The lowest BCUT2D eigenvalue weighted by Gasteiger charge is -2.39. The van der Waals surface area contributed by atoms with Crippen LogP contribution in [0.1, 0.15) is 43.2 Å². The number of ether oxygens (including phenoxy) is 1. The largest absolute Gasteiger partial charge is 0.493 e. The van der Waals surface area contributed by atoms with Gasteiger partial charge in [-0.05, 0) is 79.0 Å². The Balaban J connectivity index is 1.29. The zero-order valence-corrected chi connectivity index (χ0v) is 21.9. The molecule has 0 radical (unpaired) electrons. The maximum absolute atomic E-state index is 13.7. The third kappa shape index (κ3) is 6.62. The molecule has 1 saturated heterocycles. The number of piperazine rings is 1. The first-order valence-corrected chi connectivity index (χ1v) is 13.8. The lowest BCUT2D eigenvalue weighted by molar-refractivity contribution is -0.150. The monoisotopic (exact) mass is 511 g/mol. The van der Waals surface area contributed by atoms with E-state index >= 15 is 0 Å². The molecule has 3 aromatic carbocycles. The molecule has 5 rings (SSSR count). The van der Waals surface area contributed by atoms with Crippen LogP contribution in [0.4, 0.5) is 0 Å². The van der Waals surface area contributed by atoms with E-state index in [0.717, 1.165) is 47.5 Å². The summed E-state index contributed by atoms with van der Waals surface area (Å²) < 4.78 is 5.84. The van der Waals surface area contributed by atoms with E-state index in [9.17, 15) is 9.59 Å². The lowest BCUT2D eigenvalue weighted by Crippen LogP contribution is -2.63. The van der Waals surface area contributed by atoms with E-state index in [1.54, 1.807) is 4.90 Å². The number of amides is 2. The summed E-state index contributed by atoms with van der Waals surface area (Å²) in [5.41, 5.74) is 9.97. The van der Waals surface area contributed by atoms with Crippen LogP contribution in [0.25, 0.3) is 11.1 Å². The molecule has 6 heteroatoms. The van der Waals surface area contributed by atoms with Crippen LogP contribution in [0.3, 0.4) is 0 Å². The number of nitrogens with one attached hydrogen (secondary N) is 1. The quantitative estimate of drug-likeness (QED) is 0.345. The number of nitrogens with zero attached hydrogens (tertiary/aromatic N) is 1. The van der Waals surface area contributed by atoms with Gasteiger partial charge in [-0.2, -0.15) is 0 Å². The molecule has 6 nitrogen and oxygen atoms in total. The van der Waals surface area contributed by atoms with E-state index in [1.165, 1.54) is 12.8 Å². The molecule has 0 aromatic heterocycles. The van der Waals surface area contributed by atoms with E-state index in [0.29, 0.717) is 31.8 Å². The van der Waals surface area contributed by atoms with Crippen LogP contribution >= 0.6 is 0 Å². The Morgan fingerprint density at radius 3 is 2.21 bits per heavy atom. The molecule has 1 saturated carbocycles. The van der Waals surface area contributed by atoms with E-state index in [4.69, 9.17) is 10.5 Å². The Bertz CT molecular complexity index is 1210. The molecule has 0 unspecified atom stereocenters. The molecular formula is C32H37N3O3. The van der Waals surface area contributed by atoms with Gasteiger partial charge in [0.1, 0.15) is 17.8 Å². The predicted octanol–water partition coefficient (Wildman–Crippen LogP) is 4.71. The summed E-state index contributed by atoms with van der Waals surface area (Å²) >= 11 is 0. The molecule has 2 fully saturated rings. The van der Waals surface area contributed by atoms with E-state index in [2.05, 4.69) is 41.7 Å². The van der Waals surface area contributed by atoms with Gasteiger partial charge in [-0.15, -0.1) is 0 Å². The highest BCUT2D eigenvalue weighted by Gasteiger charge is 2.40. The van der Waals surface area contributed by atoms with E-state index < -0.39 is 12.1 Å². The highest BCUT2D eigenvalue weighted by atomic mass is 16.5. The highest BCUT2D eigenvalue weighted by molar-refractivity contribution is 5.97. The second kappa shape index (κ2) is 12.3. The molecule has 1 aliphatic carbocycles. The molecule has 3 N–H and O–H groups in total. The smallest absolute Gasteiger partial charge is 0.246 e. The molecule has 2 atom stereocenters. The molecule has 38 heavy (non-hydrogen) atoms. The van der Waals surface area contributed by atoms with Crippen molar-refractivity contribution in [3.63, 3.8) is 0 Å². The minimum absolute atomic E-state index is 0.0384. The third-order valence-electron chi connectivity index (χ3n) is 7.47. The first-order chi connectivity index (χ1) is 18.6. The van der Waals surface area contributed by atoms with Crippen molar-refractivity contribution in [2.75, 3.05) is 13.2 Å². The summed E-state index contributed by atoms with van der Waals surface area (Å²) in [6, 6.07) is 25.3. The van der Waals surface area contributed by atoms with E-state index in [-0.39, 0.29) is 11.8 Å². The predicted molar refractivity (Wildman–Crippen MR) is 149 cm³/mol. The van der Waals surface area contributed by atoms with Crippen molar-refractivity contribution in [3.05, 3.63) is 90.0 Å². The van der Waals surface area contributed by atoms with Crippen molar-refractivity contribution in [2.24, 2.45) is 11.7 Å². The van der Waals surface area contributed by atoms with Gasteiger partial charge in [-0.1, -0.05) is 66.7 Å². The first kappa shape index (κ1) is 26.0. The fourth-order valence-corrected chi connectivity index (χ4v) is 5.01. The van der Waals surface area contributed by atoms with Crippen molar-refractivity contribution in [1.29, 1.82) is 0 Å². The Labute approximate surface area is 225 Å². The molecular weight excluding hydrogens is 474 g/mol. The van der Waals surface area contributed by atoms with Crippen LogP contribution in [0.2, 0.25) is 0 Å². The van der Waals surface area contributed by atoms with Crippen LogP contribution in [-0.4, -0.2) is 41.9 Å². The molecule has 1 heterocycles. The first-order valence-electron chi connectivity index (χ1n) is 13.8. The number of carbonyl (C=O) groups excluding carboxylic acids is 2. The summed E-state index contributed by atoms with van der Waals surface area (Å²) in [4.78, 5) is 28.7. The van der Waals surface area contributed by atoms with Gasteiger partial charge < -0.3 is 20.7 Å². The molecule has 3 aromatic rings. The number of hydrogen-bond acceptors (Lipinski definition) is 4. The summed E-state index contributed by atoms with van der Waals surface area (Å²) in [5.74, 6) is 1.42. The van der Waals surface area contributed by atoms with E-state index in [1.807, 2.05) is 42.5 Å². The van der Waals surface area contributed by atoms with Crippen molar-refractivity contribution in [2.45, 2.75) is 57.2 Å². The fourth-order valence-electron chi connectivity index (χ4n) is 5.01. The number of rotatable bonds is 12. The van der Waals surface area contributed by atoms with Crippen LogP contribution in [0, 0.1) is 5.92 Å². The van der Waals surface area contributed by atoms with Gasteiger partial charge in [0.15, 0.2) is 0 Å². The molecule has 1 aliphatic heterocycles. The van der Waals surface area contributed by atoms with Gasteiger partial charge in [-0.25, -0.2) is 0 Å². The standard InChI is InChI=1S/C32H37N3O3/c33-19-5-4-8-30-31(36)34-29(20-23-13-17-28(18-14-23)38-22-25-9-10-25)32(37)35(30)21-24-11-15-27(16-12-24)26-6-2-1-3-7-26/h1-3,6-7,11-18,25,29-30H,4-5,8-10,19-22,33H2,(H,34,36)/t29-,30-/m0/s1.